The molecule has 30 heavy (non-hydrogen) atoms. The number of nitrogens with zero attached hydrogens (tertiary/aromatic N) is 5. The molecule has 4 rings (SSSR count). The van der Waals surface area contributed by atoms with E-state index in [1.54, 1.807) is 30.2 Å². The Bertz CT molecular complexity index is 1260. The number of carbonyl (C=O) groups is 1. The molecule has 0 saturated carbocycles. The monoisotopic (exact) mass is 428 g/mol. The Hall–Kier alpha value is -3.23. The van der Waals surface area contributed by atoms with E-state index in [9.17, 15) is 18.5 Å². The van der Waals surface area contributed by atoms with Gasteiger partial charge >= 0.3 is 5.97 Å². The van der Waals surface area contributed by atoms with E-state index in [0.717, 1.165) is 5.39 Å². The minimum Gasteiger partial charge on any atom is -0.465 e. The Kier molecular flexibility index (Phi) is 4.83. The first-order chi connectivity index (χ1) is 14.3. The molecule has 1 aliphatic heterocycles. The summed E-state index contributed by atoms with van der Waals surface area (Å²) in [5.41, 5.74) is 1.42. The van der Waals surface area contributed by atoms with Crippen molar-refractivity contribution in [1.29, 1.82) is 5.26 Å². The van der Waals surface area contributed by atoms with Gasteiger partial charge in [0.05, 0.1) is 37.1 Å². The van der Waals surface area contributed by atoms with Crippen LogP contribution in [0.25, 0.3) is 22.2 Å². The zero-order chi connectivity index (χ0) is 21.5. The highest BCUT2D eigenvalue weighted by Gasteiger charge is 2.49. The molecule has 0 spiro atoms. The number of rotatable bonds is 6. The van der Waals surface area contributed by atoms with Crippen molar-refractivity contribution in [2.75, 3.05) is 26.0 Å². The lowest BCUT2D eigenvalue weighted by Gasteiger charge is -2.47. The number of H-pyrrole nitrogens is 1. The van der Waals surface area contributed by atoms with E-state index in [0.29, 0.717) is 22.3 Å². The van der Waals surface area contributed by atoms with Crippen LogP contribution in [0.15, 0.2) is 30.9 Å². The van der Waals surface area contributed by atoms with Gasteiger partial charge in [-0.05, 0) is 13.0 Å². The van der Waals surface area contributed by atoms with Crippen molar-refractivity contribution >= 4 is 27.0 Å². The summed E-state index contributed by atoms with van der Waals surface area (Å²) in [6.07, 6.45) is 6.62. The molecule has 1 saturated heterocycles. The molecule has 0 aliphatic carbocycles. The lowest BCUT2D eigenvalue weighted by Crippen LogP contribution is -2.64. The summed E-state index contributed by atoms with van der Waals surface area (Å²) < 4.78 is 32.2. The third-order valence-electron chi connectivity index (χ3n) is 5.46. The van der Waals surface area contributed by atoms with Gasteiger partial charge in [-0.1, -0.05) is 0 Å². The first-order valence-corrected chi connectivity index (χ1v) is 10.9. The van der Waals surface area contributed by atoms with Crippen LogP contribution in [-0.4, -0.2) is 64.4 Å². The van der Waals surface area contributed by atoms with Crippen molar-refractivity contribution in [3.8, 4) is 17.2 Å². The summed E-state index contributed by atoms with van der Waals surface area (Å²) >= 11 is 0. The number of hydrogen-bond donors (Lipinski definition) is 1. The maximum atomic E-state index is 12.3. The lowest BCUT2D eigenvalue weighted by atomic mass is 9.89. The smallest absolute Gasteiger partial charge is 0.340 e. The van der Waals surface area contributed by atoms with Crippen LogP contribution in [0.3, 0.4) is 0 Å². The van der Waals surface area contributed by atoms with Gasteiger partial charge in [-0.3, -0.25) is 4.68 Å². The van der Waals surface area contributed by atoms with Crippen LogP contribution in [0.2, 0.25) is 0 Å². The van der Waals surface area contributed by atoms with Crippen LogP contribution in [0, 0.1) is 11.3 Å². The van der Waals surface area contributed by atoms with Crippen molar-refractivity contribution in [2.24, 2.45) is 0 Å². The van der Waals surface area contributed by atoms with E-state index in [4.69, 9.17) is 4.74 Å². The number of esters is 1. The van der Waals surface area contributed by atoms with Crippen molar-refractivity contribution in [3.63, 3.8) is 0 Å². The summed E-state index contributed by atoms with van der Waals surface area (Å²) in [5.74, 6) is -0.519. The number of fused-ring (bicyclic) bond motifs is 1. The number of aromatic amines is 1. The number of methoxy groups -OCH3 is 1. The van der Waals surface area contributed by atoms with Gasteiger partial charge in [-0.25, -0.2) is 18.2 Å². The molecular formula is C19H20N6O4S. The quantitative estimate of drug-likeness (QED) is 0.588. The minimum absolute atomic E-state index is 0.00493. The molecule has 0 bridgehead atoms. The number of nitrogens with one attached hydrogen (secondary N) is 1. The summed E-state index contributed by atoms with van der Waals surface area (Å²) in [7, 11) is -2.04. The van der Waals surface area contributed by atoms with Crippen LogP contribution in [0.4, 0.5) is 0 Å². The van der Waals surface area contributed by atoms with Crippen molar-refractivity contribution in [2.45, 2.75) is 18.9 Å². The van der Waals surface area contributed by atoms with Gasteiger partial charge in [0.1, 0.15) is 11.2 Å². The Morgan fingerprint density at radius 3 is 2.83 bits per heavy atom. The zero-order valence-corrected chi connectivity index (χ0v) is 17.3. The largest absolute Gasteiger partial charge is 0.465 e. The molecule has 1 aliphatic rings. The zero-order valence-electron chi connectivity index (χ0n) is 16.5. The Balaban J connectivity index is 1.77. The van der Waals surface area contributed by atoms with Crippen LogP contribution >= 0.6 is 0 Å². The maximum Gasteiger partial charge on any atom is 0.340 e. The molecule has 1 fully saturated rings. The van der Waals surface area contributed by atoms with E-state index in [1.165, 1.54) is 17.6 Å². The maximum absolute atomic E-state index is 12.3. The lowest BCUT2D eigenvalue weighted by molar-refractivity contribution is 0.0601. The molecule has 3 aromatic rings. The third kappa shape index (κ3) is 3.05. The van der Waals surface area contributed by atoms with E-state index in [-0.39, 0.29) is 25.3 Å². The molecular weight excluding hydrogens is 408 g/mol. The number of ether oxygens (including phenoxy) is 1. The van der Waals surface area contributed by atoms with Gasteiger partial charge in [0.25, 0.3) is 0 Å². The van der Waals surface area contributed by atoms with E-state index in [1.807, 2.05) is 6.07 Å². The van der Waals surface area contributed by atoms with Crippen molar-refractivity contribution in [1.82, 2.24) is 24.1 Å². The number of aromatic nitrogens is 4. The molecule has 1 N–H and O–H groups in total. The number of carbonyl (C=O) groups excluding carboxylic acids is 1. The highest BCUT2D eigenvalue weighted by molar-refractivity contribution is 7.89. The Morgan fingerprint density at radius 2 is 2.17 bits per heavy atom. The molecule has 10 nitrogen and oxygen atoms in total. The first-order valence-electron chi connectivity index (χ1n) is 9.30. The second-order valence-electron chi connectivity index (χ2n) is 7.18. The Labute approximate surface area is 173 Å². The summed E-state index contributed by atoms with van der Waals surface area (Å²) in [5, 5.41) is 14.5. The number of hydrogen-bond acceptors (Lipinski definition) is 7. The van der Waals surface area contributed by atoms with E-state index < -0.39 is 21.5 Å². The Morgan fingerprint density at radius 1 is 1.40 bits per heavy atom. The SMILES string of the molecule is CCS(=O)(=O)N1CC(CC#N)(n2cc(-c3c(C(=O)OC)cnc4[nH]ccc34)cn2)C1. The van der Waals surface area contributed by atoms with Crippen molar-refractivity contribution < 1.29 is 17.9 Å². The molecule has 156 valence electrons. The normalized spacial score (nSPS) is 16.2. The van der Waals surface area contributed by atoms with Crippen LogP contribution < -0.4 is 0 Å². The van der Waals surface area contributed by atoms with Gasteiger partial charge in [-0.2, -0.15) is 14.7 Å². The number of sulfonamides is 1. The number of nitriles is 1. The molecule has 0 unspecified atom stereocenters. The predicted molar refractivity (Wildman–Crippen MR) is 108 cm³/mol. The van der Waals surface area contributed by atoms with Crippen LogP contribution in [-0.2, 0) is 20.3 Å². The number of pyridine rings is 1. The third-order valence-corrected chi connectivity index (χ3v) is 7.23. The minimum atomic E-state index is -3.34. The fraction of sp³-hybridized carbons (Fsp3) is 0.368. The van der Waals surface area contributed by atoms with Gasteiger partial charge in [0, 0.05) is 48.2 Å². The molecule has 4 heterocycles. The first kappa shape index (κ1) is 20.1. The molecule has 11 heteroatoms. The predicted octanol–water partition coefficient (Wildman–Crippen LogP) is 1.49. The van der Waals surface area contributed by atoms with Gasteiger partial charge in [0.2, 0.25) is 10.0 Å². The second-order valence-corrected chi connectivity index (χ2v) is 9.44. The van der Waals surface area contributed by atoms with Crippen LogP contribution in [0.5, 0.6) is 0 Å². The topological polar surface area (TPSA) is 134 Å². The van der Waals surface area contributed by atoms with Gasteiger partial charge in [-0.15, -0.1) is 0 Å². The fourth-order valence-electron chi connectivity index (χ4n) is 3.77. The highest BCUT2D eigenvalue weighted by atomic mass is 32.2. The van der Waals surface area contributed by atoms with Crippen molar-refractivity contribution in [3.05, 3.63) is 36.4 Å². The molecule has 0 amide bonds. The molecule has 3 aromatic heterocycles. The molecule has 0 atom stereocenters. The van der Waals surface area contributed by atoms with E-state index in [2.05, 4.69) is 21.1 Å². The average molecular weight is 428 g/mol. The standard InChI is InChI=1S/C19H20N6O4S/c1-3-30(27,28)24-11-19(12-24,5-6-20)25-10-13(8-23-25)16-14-4-7-21-17(14)22-9-15(16)18(26)29-2/h4,7-10H,3,5,11-12H2,1-2H3,(H,21,22). The average Bonchev–Trinajstić information content (AvgIpc) is 3.38. The summed E-state index contributed by atoms with van der Waals surface area (Å²) in [6.45, 7) is 1.95. The fourth-order valence-corrected chi connectivity index (χ4v) is 5.01. The van der Waals surface area contributed by atoms with Gasteiger partial charge < -0.3 is 9.72 Å². The van der Waals surface area contributed by atoms with E-state index >= 15 is 0 Å². The summed E-state index contributed by atoms with van der Waals surface area (Å²) in [4.78, 5) is 19.6. The summed E-state index contributed by atoms with van der Waals surface area (Å²) in [6, 6.07) is 3.95. The van der Waals surface area contributed by atoms with Gasteiger partial charge in [0.15, 0.2) is 0 Å². The molecule has 0 aromatic carbocycles. The molecule has 0 radical (unpaired) electrons. The second kappa shape index (κ2) is 7.23. The van der Waals surface area contributed by atoms with Crippen LogP contribution in [0.1, 0.15) is 23.7 Å². The highest BCUT2D eigenvalue weighted by Crippen LogP contribution is 2.37.